The van der Waals surface area contributed by atoms with Crippen LogP contribution in [0.2, 0.25) is 5.15 Å². The van der Waals surface area contributed by atoms with Crippen LogP contribution >= 0.6 is 11.6 Å². The molecular weight excluding hydrogens is 370 g/mol. The quantitative estimate of drug-likeness (QED) is 0.576. The van der Waals surface area contributed by atoms with E-state index >= 15 is 0 Å². The van der Waals surface area contributed by atoms with Gasteiger partial charge in [0.15, 0.2) is 11.0 Å². The van der Waals surface area contributed by atoms with Gasteiger partial charge in [-0.3, -0.25) is 14.9 Å². The van der Waals surface area contributed by atoms with Gasteiger partial charge in [0.05, 0.1) is 17.4 Å². The van der Waals surface area contributed by atoms with Gasteiger partial charge in [0.25, 0.3) is 5.69 Å². The topological polar surface area (TPSA) is 92.5 Å². The fraction of sp³-hybridized carbons (Fsp3) is 0.389. The largest absolute Gasteiger partial charge is 0.354 e. The molecule has 3 rings (SSSR count). The molecule has 1 aliphatic rings. The molecule has 2 aromatic rings. The molecule has 1 aliphatic heterocycles. The molecule has 0 saturated carbocycles. The van der Waals surface area contributed by atoms with Crippen LogP contribution in [0.1, 0.15) is 18.4 Å². The van der Waals surface area contributed by atoms with E-state index in [1.165, 1.54) is 6.07 Å². The number of carbonyl (C=O) groups is 1. The Morgan fingerprint density at radius 1 is 1.33 bits per heavy atom. The lowest BCUT2D eigenvalue weighted by atomic mass is 9.96. The van der Waals surface area contributed by atoms with Crippen LogP contribution in [0.3, 0.4) is 0 Å². The van der Waals surface area contributed by atoms with Crippen LogP contribution in [0.25, 0.3) is 0 Å². The minimum atomic E-state index is -0.421. The van der Waals surface area contributed by atoms with Crippen molar-refractivity contribution in [2.24, 2.45) is 5.92 Å². The van der Waals surface area contributed by atoms with Gasteiger partial charge in [-0.1, -0.05) is 29.8 Å². The average Bonchev–Trinajstić information content (AvgIpc) is 2.68. The Morgan fingerprint density at radius 2 is 2.11 bits per heavy atom. The van der Waals surface area contributed by atoms with Crippen molar-refractivity contribution < 1.29 is 9.72 Å². The van der Waals surface area contributed by atoms with Crippen molar-refractivity contribution in [3.8, 4) is 0 Å². The third-order valence-corrected chi connectivity index (χ3v) is 4.89. The first-order chi connectivity index (χ1) is 13.0. The Kier molecular flexibility index (Phi) is 5.85. The van der Waals surface area contributed by atoms with Crippen molar-refractivity contribution in [3.63, 3.8) is 0 Å². The van der Waals surface area contributed by atoms with Crippen LogP contribution in [0.4, 0.5) is 11.5 Å². The molecule has 8 nitrogen and oxygen atoms in total. The van der Waals surface area contributed by atoms with Crippen LogP contribution in [-0.4, -0.2) is 46.1 Å². The van der Waals surface area contributed by atoms with E-state index in [0.717, 1.165) is 19.4 Å². The maximum absolute atomic E-state index is 12.9. The van der Waals surface area contributed by atoms with Crippen LogP contribution < -0.4 is 4.90 Å². The van der Waals surface area contributed by atoms with Gasteiger partial charge in [0, 0.05) is 31.8 Å². The number of nitrogens with zero attached hydrogens (tertiary/aromatic N) is 5. The van der Waals surface area contributed by atoms with Crippen LogP contribution in [0, 0.1) is 16.0 Å². The van der Waals surface area contributed by atoms with Gasteiger partial charge < -0.3 is 9.80 Å². The number of para-hydroxylation sites is 1. The highest BCUT2D eigenvalue weighted by atomic mass is 35.5. The highest BCUT2D eigenvalue weighted by Gasteiger charge is 2.29. The molecule has 1 aromatic carbocycles. The predicted molar refractivity (Wildman–Crippen MR) is 102 cm³/mol. The van der Waals surface area contributed by atoms with E-state index in [0.29, 0.717) is 23.1 Å². The first-order valence-corrected chi connectivity index (χ1v) is 9.05. The first kappa shape index (κ1) is 19.0. The fourth-order valence-corrected chi connectivity index (χ4v) is 3.43. The molecule has 0 radical (unpaired) electrons. The molecule has 0 spiro atoms. The second kappa shape index (κ2) is 8.30. The molecule has 9 heteroatoms. The molecule has 0 aliphatic carbocycles. The SMILES string of the molecule is CN(Cc1ccccc1[N+](=O)[O-])C(=O)C1CCCN(c2ccc(Cl)nn2)C1. The van der Waals surface area contributed by atoms with E-state index in [-0.39, 0.29) is 24.1 Å². The van der Waals surface area contributed by atoms with Gasteiger partial charge in [0.1, 0.15) is 0 Å². The Labute approximate surface area is 161 Å². The number of anilines is 1. The van der Waals surface area contributed by atoms with Crippen LogP contribution in [-0.2, 0) is 11.3 Å². The average molecular weight is 390 g/mol. The van der Waals surface area contributed by atoms with Crippen molar-refractivity contribution in [1.29, 1.82) is 0 Å². The van der Waals surface area contributed by atoms with Crippen molar-refractivity contribution in [3.05, 3.63) is 57.2 Å². The summed E-state index contributed by atoms with van der Waals surface area (Å²) in [6.07, 6.45) is 1.64. The van der Waals surface area contributed by atoms with E-state index < -0.39 is 4.92 Å². The lowest BCUT2D eigenvalue weighted by Crippen LogP contribution is -2.43. The van der Waals surface area contributed by atoms with Crippen molar-refractivity contribution in [1.82, 2.24) is 15.1 Å². The summed E-state index contributed by atoms with van der Waals surface area (Å²) < 4.78 is 0. The molecule has 1 amide bonds. The molecule has 27 heavy (non-hydrogen) atoms. The molecule has 1 saturated heterocycles. The van der Waals surface area contributed by atoms with E-state index in [4.69, 9.17) is 11.6 Å². The highest BCUT2D eigenvalue weighted by molar-refractivity contribution is 6.29. The Morgan fingerprint density at radius 3 is 2.81 bits per heavy atom. The standard InChI is InChI=1S/C18H20ClN5O3/c1-22(11-13-5-2-3-7-15(13)24(26)27)18(25)14-6-4-10-23(12-14)17-9-8-16(19)20-21-17/h2-3,5,7-9,14H,4,6,10-12H2,1H3. The number of nitro groups is 1. The molecule has 1 atom stereocenters. The Balaban J connectivity index is 1.68. The minimum absolute atomic E-state index is 0.0267. The second-order valence-electron chi connectivity index (χ2n) is 6.58. The Hall–Kier alpha value is -2.74. The number of piperidine rings is 1. The number of rotatable bonds is 5. The monoisotopic (exact) mass is 389 g/mol. The van der Waals surface area contributed by atoms with Gasteiger partial charge in [-0.25, -0.2) is 0 Å². The first-order valence-electron chi connectivity index (χ1n) is 8.67. The summed E-state index contributed by atoms with van der Waals surface area (Å²) in [6.45, 7) is 1.54. The van der Waals surface area contributed by atoms with Crippen LogP contribution in [0.15, 0.2) is 36.4 Å². The van der Waals surface area contributed by atoms with Gasteiger partial charge >= 0.3 is 0 Å². The fourth-order valence-electron chi connectivity index (χ4n) is 3.33. The summed E-state index contributed by atoms with van der Waals surface area (Å²) in [5.74, 6) is 0.474. The molecule has 0 N–H and O–H groups in total. The maximum atomic E-state index is 12.9. The predicted octanol–water partition coefficient (Wildman–Crippen LogP) is 2.91. The summed E-state index contributed by atoms with van der Waals surface area (Å²) in [6, 6.07) is 9.96. The third kappa shape index (κ3) is 4.51. The number of hydrogen-bond acceptors (Lipinski definition) is 6. The molecular formula is C18H20ClN5O3. The number of aromatic nitrogens is 2. The zero-order chi connectivity index (χ0) is 19.4. The zero-order valence-corrected chi connectivity index (χ0v) is 15.7. The number of nitro benzene ring substituents is 1. The highest BCUT2D eigenvalue weighted by Crippen LogP contribution is 2.25. The van der Waals surface area contributed by atoms with Gasteiger partial charge in [-0.05, 0) is 25.0 Å². The normalized spacial score (nSPS) is 16.8. The van der Waals surface area contributed by atoms with E-state index in [2.05, 4.69) is 10.2 Å². The smallest absolute Gasteiger partial charge is 0.274 e. The lowest BCUT2D eigenvalue weighted by Gasteiger charge is -2.34. The van der Waals surface area contributed by atoms with E-state index in [1.807, 2.05) is 4.90 Å². The summed E-state index contributed by atoms with van der Waals surface area (Å²) >= 11 is 5.78. The molecule has 1 unspecified atom stereocenters. The number of hydrogen-bond donors (Lipinski definition) is 0. The lowest BCUT2D eigenvalue weighted by molar-refractivity contribution is -0.385. The number of amides is 1. The van der Waals surface area contributed by atoms with Crippen molar-refractivity contribution in [2.75, 3.05) is 25.0 Å². The van der Waals surface area contributed by atoms with E-state index in [9.17, 15) is 14.9 Å². The molecule has 2 heterocycles. The number of halogens is 1. The summed E-state index contributed by atoms with van der Waals surface area (Å²) in [7, 11) is 1.68. The summed E-state index contributed by atoms with van der Waals surface area (Å²) in [5, 5.41) is 19.4. The van der Waals surface area contributed by atoms with Crippen LogP contribution in [0.5, 0.6) is 0 Å². The summed E-state index contributed by atoms with van der Waals surface area (Å²) in [5.41, 5.74) is 0.549. The maximum Gasteiger partial charge on any atom is 0.274 e. The second-order valence-corrected chi connectivity index (χ2v) is 6.97. The number of benzene rings is 1. The molecule has 142 valence electrons. The molecule has 1 fully saturated rings. The third-order valence-electron chi connectivity index (χ3n) is 4.68. The number of carbonyl (C=O) groups excluding carboxylic acids is 1. The van der Waals surface area contributed by atoms with Gasteiger partial charge in [-0.15, -0.1) is 10.2 Å². The van der Waals surface area contributed by atoms with E-state index in [1.54, 1.807) is 42.3 Å². The zero-order valence-electron chi connectivity index (χ0n) is 14.9. The summed E-state index contributed by atoms with van der Waals surface area (Å²) in [4.78, 5) is 27.2. The van der Waals surface area contributed by atoms with Gasteiger partial charge in [-0.2, -0.15) is 0 Å². The van der Waals surface area contributed by atoms with Crippen molar-refractivity contribution in [2.45, 2.75) is 19.4 Å². The Bertz CT molecular complexity index is 830. The van der Waals surface area contributed by atoms with Crippen molar-refractivity contribution >= 4 is 29.0 Å². The molecule has 0 bridgehead atoms. The molecule has 1 aromatic heterocycles. The van der Waals surface area contributed by atoms with Gasteiger partial charge in [0.2, 0.25) is 5.91 Å². The minimum Gasteiger partial charge on any atom is -0.354 e.